The van der Waals surface area contributed by atoms with Crippen LogP contribution >= 0.6 is 11.3 Å². The molecule has 1 saturated carbocycles. The van der Waals surface area contributed by atoms with Crippen LogP contribution in [-0.2, 0) is 27.2 Å². The first-order chi connectivity index (χ1) is 21.7. The smallest absolute Gasteiger partial charge is 0.220 e. The lowest BCUT2D eigenvalue weighted by molar-refractivity contribution is -0.121. The molecule has 1 saturated heterocycles. The van der Waals surface area contributed by atoms with Gasteiger partial charge in [-0.05, 0) is 82.9 Å². The summed E-state index contributed by atoms with van der Waals surface area (Å²) in [5.41, 5.74) is 11.4. The number of fused-ring (bicyclic) bond motifs is 1. The fraction of sp³-hybridized carbons (Fsp3) is 0.657. The molecule has 2 fully saturated rings. The molecule has 0 bridgehead atoms. The molecule has 1 aliphatic heterocycles. The Morgan fingerprint density at radius 1 is 1.00 bits per heavy atom. The van der Waals surface area contributed by atoms with Crippen LogP contribution in [-0.4, -0.2) is 69.1 Å². The van der Waals surface area contributed by atoms with E-state index in [0.717, 1.165) is 48.7 Å². The van der Waals surface area contributed by atoms with Crippen molar-refractivity contribution in [2.45, 2.75) is 110 Å². The average molecular weight is 634 g/mol. The van der Waals surface area contributed by atoms with Gasteiger partial charge in [0.2, 0.25) is 5.91 Å². The molecule has 5 N–H and O–H groups in total. The van der Waals surface area contributed by atoms with Gasteiger partial charge in [-0.3, -0.25) is 9.69 Å². The third-order valence-corrected chi connectivity index (χ3v) is 8.66. The summed E-state index contributed by atoms with van der Waals surface area (Å²) in [5, 5.41) is 4.47. The molecule has 8 nitrogen and oxygen atoms in total. The van der Waals surface area contributed by atoms with Crippen LogP contribution in [0.15, 0.2) is 30.4 Å². The predicted molar refractivity (Wildman–Crippen MR) is 190 cm³/mol. The van der Waals surface area contributed by atoms with E-state index in [9.17, 15) is 4.79 Å². The van der Waals surface area contributed by atoms with Crippen LogP contribution in [0.5, 0.6) is 0 Å². The topological polar surface area (TPSA) is 131 Å². The normalized spacial score (nSPS) is 15.3. The molecular formula is C35H63N5O3S. The number of aromatic nitrogens is 1. The van der Waals surface area contributed by atoms with Crippen molar-refractivity contribution in [2.24, 2.45) is 17.4 Å². The number of nitrogens with two attached hydrogens (primary N) is 2. The van der Waals surface area contributed by atoms with Crippen molar-refractivity contribution in [1.29, 1.82) is 0 Å². The second kappa shape index (κ2) is 30.6. The molecule has 252 valence electrons. The average Bonchev–Trinajstić information content (AvgIpc) is 3.53. The summed E-state index contributed by atoms with van der Waals surface area (Å²) < 4.78 is 1.24. The van der Waals surface area contributed by atoms with Gasteiger partial charge in [0.25, 0.3) is 0 Å². The molecule has 0 radical (unpaired) electrons. The van der Waals surface area contributed by atoms with Crippen LogP contribution in [0.3, 0.4) is 0 Å². The first-order valence-corrected chi connectivity index (χ1v) is 17.3. The van der Waals surface area contributed by atoms with Crippen molar-refractivity contribution in [2.75, 3.05) is 33.7 Å². The first-order valence-electron chi connectivity index (χ1n) is 16.5. The summed E-state index contributed by atoms with van der Waals surface area (Å²) in [5.74, 6) is 0.949. The molecule has 1 aromatic carbocycles. The largest absolute Gasteiger partial charge is 0.353 e. The molecule has 1 amide bonds. The van der Waals surface area contributed by atoms with E-state index in [-0.39, 0.29) is 11.9 Å². The Bertz CT molecular complexity index is 970. The van der Waals surface area contributed by atoms with Crippen molar-refractivity contribution in [3.05, 3.63) is 40.9 Å². The Hall–Kier alpha value is -2.46. The predicted octanol–water partition coefficient (Wildman–Crippen LogP) is 6.48. The van der Waals surface area contributed by atoms with Crippen molar-refractivity contribution < 1.29 is 14.4 Å². The number of carbonyl (C=O) groups is 3. The van der Waals surface area contributed by atoms with Crippen LogP contribution in [0.2, 0.25) is 0 Å². The number of aryl methyl sites for hydroxylation is 2. The number of nitrogens with one attached hydrogen (secondary N) is 1. The zero-order chi connectivity index (χ0) is 33.6. The molecule has 1 atom stereocenters. The van der Waals surface area contributed by atoms with Gasteiger partial charge in [0, 0.05) is 25.4 Å². The second-order valence-corrected chi connectivity index (χ2v) is 11.5. The number of piperidine rings is 1. The van der Waals surface area contributed by atoms with E-state index in [0.29, 0.717) is 6.42 Å². The van der Waals surface area contributed by atoms with Crippen LogP contribution in [0.4, 0.5) is 0 Å². The van der Waals surface area contributed by atoms with Gasteiger partial charge in [0.1, 0.15) is 13.6 Å². The number of carbonyl (C=O) groups excluding carboxylic acids is 3. The molecule has 2 aliphatic rings. The maximum atomic E-state index is 12.9. The van der Waals surface area contributed by atoms with E-state index in [1.54, 1.807) is 11.3 Å². The number of nitrogens with zero attached hydrogens (tertiary/aromatic N) is 2. The molecule has 1 aliphatic carbocycles. The number of thiazole rings is 1. The Labute approximate surface area is 272 Å². The molecule has 1 unspecified atom stereocenters. The minimum absolute atomic E-state index is 0.179. The van der Waals surface area contributed by atoms with Gasteiger partial charge in [0.15, 0.2) is 0 Å². The fourth-order valence-electron chi connectivity index (χ4n) is 5.53. The summed E-state index contributed by atoms with van der Waals surface area (Å²) in [6.07, 6.45) is 19.8. The fourth-order valence-corrected chi connectivity index (χ4v) is 6.56. The zero-order valence-electron chi connectivity index (χ0n) is 28.5. The highest BCUT2D eigenvalue weighted by molar-refractivity contribution is 7.18. The lowest BCUT2D eigenvalue weighted by Crippen LogP contribution is -2.36. The van der Waals surface area contributed by atoms with E-state index in [2.05, 4.69) is 59.0 Å². The van der Waals surface area contributed by atoms with Crippen LogP contribution in [0, 0.1) is 5.92 Å². The van der Waals surface area contributed by atoms with Gasteiger partial charge >= 0.3 is 0 Å². The number of likely N-dealkylation sites (tertiary alicyclic amines) is 1. The summed E-state index contributed by atoms with van der Waals surface area (Å²) in [4.78, 5) is 36.2. The van der Waals surface area contributed by atoms with E-state index >= 15 is 0 Å². The first kappa shape index (κ1) is 43.7. The van der Waals surface area contributed by atoms with E-state index in [4.69, 9.17) is 14.6 Å². The Morgan fingerprint density at radius 3 is 2.23 bits per heavy atom. The number of rotatable bonds is 11. The van der Waals surface area contributed by atoms with Crippen molar-refractivity contribution in [3.63, 3.8) is 0 Å². The highest BCUT2D eigenvalue weighted by Crippen LogP contribution is 2.28. The summed E-state index contributed by atoms with van der Waals surface area (Å²) in [7, 11) is 3.00. The number of amides is 1. The van der Waals surface area contributed by atoms with Gasteiger partial charge in [-0.15, -0.1) is 11.3 Å². The van der Waals surface area contributed by atoms with Gasteiger partial charge in [-0.2, -0.15) is 0 Å². The third-order valence-electron chi connectivity index (χ3n) is 7.58. The molecule has 2 heterocycles. The Morgan fingerprint density at radius 2 is 1.61 bits per heavy atom. The van der Waals surface area contributed by atoms with Crippen LogP contribution in [0.1, 0.15) is 102 Å². The molecule has 4 rings (SSSR count). The Kier molecular flexibility index (Phi) is 30.3. The van der Waals surface area contributed by atoms with E-state index in [1.165, 1.54) is 88.8 Å². The summed E-state index contributed by atoms with van der Waals surface area (Å²) in [6, 6.07) is 6.78. The minimum Gasteiger partial charge on any atom is -0.353 e. The Balaban J connectivity index is 0. The molecule has 9 heteroatoms. The summed E-state index contributed by atoms with van der Waals surface area (Å²) in [6.45, 7) is 13.7. The highest BCUT2D eigenvalue weighted by Gasteiger charge is 2.20. The van der Waals surface area contributed by atoms with Crippen molar-refractivity contribution >= 4 is 41.0 Å². The van der Waals surface area contributed by atoms with Crippen molar-refractivity contribution in [3.8, 4) is 0 Å². The molecule has 2 aromatic rings. The molecule has 1 aromatic heterocycles. The number of hydrogen-bond acceptors (Lipinski definition) is 8. The summed E-state index contributed by atoms with van der Waals surface area (Å²) >= 11 is 1.74. The van der Waals surface area contributed by atoms with Gasteiger partial charge in [-0.25, -0.2) is 4.98 Å². The lowest BCUT2D eigenvalue weighted by Gasteiger charge is -2.27. The van der Waals surface area contributed by atoms with Gasteiger partial charge in [0.05, 0.1) is 15.2 Å². The van der Waals surface area contributed by atoms with Gasteiger partial charge < -0.3 is 26.4 Å². The molecular weight excluding hydrogens is 570 g/mol. The number of hydrogen-bond donors (Lipinski definition) is 3. The maximum Gasteiger partial charge on any atom is 0.220 e. The van der Waals surface area contributed by atoms with E-state index in [1.807, 2.05) is 27.4 Å². The minimum atomic E-state index is 0.179. The second-order valence-electron chi connectivity index (χ2n) is 10.3. The lowest BCUT2D eigenvalue weighted by atomic mass is 9.84. The SMILES string of the molecule is C=O.C=O.CC.CCc1ccc2nc(CCC(=O)NC(C/C=C/CN3CCCCC3)CC3CCCCC3)sc2c1.CN.CN. The quantitative estimate of drug-likeness (QED) is 0.241. The molecule has 0 spiro atoms. The van der Waals surface area contributed by atoms with Crippen LogP contribution < -0.4 is 16.8 Å². The maximum absolute atomic E-state index is 12.9. The molecule has 44 heavy (non-hydrogen) atoms. The third kappa shape index (κ3) is 18.4. The van der Waals surface area contributed by atoms with Gasteiger partial charge in [-0.1, -0.05) is 77.5 Å². The highest BCUT2D eigenvalue weighted by atomic mass is 32.1. The monoisotopic (exact) mass is 633 g/mol. The zero-order valence-corrected chi connectivity index (χ0v) is 29.3. The van der Waals surface area contributed by atoms with E-state index < -0.39 is 0 Å². The number of benzene rings is 1. The standard InChI is InChI=1S/C29H43N3OS.C2H6.2CH5N.2CH2O/c1-2-23-14-15-26-27(22-23)34-29(31-26)17-16-28(33)30-25(21-24-11-5-3-6-12-24)13-7-10-20-32-18-8-4-9-19-32;5*1-2/h7,10,14-15,22,24-25H,2-6,8-9,11-13,16-21H2,1H3,(H,30,33);1-2H3;2*2H2,1H3;2*1H2/b10-7+;;;;;. The van der Waals surface area contributed by atoms with Crippen LogP contribution in [0.25, 0.3) is 10.2 Å². The van der Waals surface area contributed by atoms with Crippen molar-refractivity contribution in [1.82, 2.24) is 15.2 Å².